The minimum atomic E-state index is -0.541. The molecule has 0 unspecified atom stereocenters. The number of thiazole rings is 1. The van der Waals surface area contributed by atoms with E-state index in [1.807, 2.05) is 0 Å². The number of carbonyl (C=O) groups is 2. The van der Waals surface area contributed by atoms with Crippen LogP contribution in [0.5, 0.6) is 0 Å². The van der Waals surface area contributed by atoms with Gasteiger partial charge in [0.25, 0.3) is 5.91 Å². The fourth-order valence-electron chi connectivity index (χ4n) is 2.09. The number of esters is 1. The van der Waals surface area contributed by atoms with E-state index in [4.69, 9.17) is 9.15 Å². The zero-order chi connectivity index (χ0) is 16.2. The molecular formula is C16H14N2O4S. The van der Waals surface area contributed by atoms with Gasteiger partial charge in [-0.25, -0.2) is 9.78 Å². The van der Waals surface area contributed by atoms with Crippen molar-refractivity contribution in [3.63, 3.8) is 0 Å². The molecule has 1 amide bonds. The van der Waals surface area contributed by atoms with Gasteiger partial charge in [0.1, 0.15) is 5.76 Å². The molecule has 0 saturated carbocycles. The van der Waals surface area contributed by atoms with Gasteiger partial charge in [0.2, 0.25) is 0 Å². The molecule has 0 spiro atoms. The Hall–Kier alpha value is -2.67. The van der Waals surface area contributed by atoms with E-state index in [1.54, 1.807) is 42.8 Å². The molecule has 0 fully saturated rings. The molecule has 2 heterocycles. The van der Waals surface area contributed by atoms with Crippen molar-refractivity contribution in [2.75, 3.05) is 6.61 Å². The first-order valence-corrected chi connectivity index (χ1v) is 7.84. The average Bonchev–Trinajstić information content (AvgIpc) is 3.22. The highest BCUT2D eigenvalue weighted by Gasteiger charge is 2.15. The normalized spacial score (nSPS) is 12.0. The maximum Gasteiger partial charge on any atom is 0.338 e. The summed E-state index contributed by atoms with van der Waals surface area (Å²) < 4.78 is 11.1. The van der Waals surface area contributed by atoms with Crippen molar-refractivity contribution in [2.24, 2.45) is 0 Å². The molecule has 0 bridgehead atoms. The summed E-state index contributed by atoms with van der Waals surface area (Å²) in [6.07, 6.45) is 1.54. The number of carbonyl (C=O) groups excluding carboxylic acids is 2. The number of amides is 1. The second-order valence-corrected chi connectivity index (χ2v) is 5.80. The monoisotopic (exact) mass is 330 g/mol. The third-order valence-electron chi connectivity index (χ3n) is 3.25. The van der Waals surface area contributed by atoms with Crippen LogP contribution in [0.3, 0.4) is 0 Å². The highest BCUT2D eigenvalue weighted by atomic mass is 32.1. The lowest BCUT2D eigenvalue weighted by Crippen LogP contribution is -2.30. The topological polar surface area (TPSA) is 81.4 Å². The molecule has 1 N–H and O–H groups in total. The first-order valence-electron chi connectivity index (χ1n) is 6.96. The predicted octanol–water partition coefficient (Wildman–Crippen LogP) is 2.92. The smallest absolute Gasteiger partial charge is 0.338 e. The third-order valence-corrected chi connectivity index (χ3v) is 4.04. The number of hydrogen-bond acceptors (Lipinski definition) is 6. The van der Waals surface area contributed by atoms with Crippen LogP contribution in [0.4, 0.5) is 0 Å². The highest BCUT2D eigenvalue weighted by molar-refractivity contribution is 7.16. The van der Waals surface area contributed by atoms with Gasteiger partial charge in [-0.3, -0.25) is 4.79 Å². The van der Waals surface area contributed by atoms with Crippen LogP contribution >= 0.6 is 11.3 Å². The van der Waals surface area contributed by atoms with Crippen molar-refractivity contribution < 1.29 is 18.7 Å². The number of benzene rings is 1. The van der Waals surface area contributed by atoms with Crippen LogP contribution in [0.15, 0.2) is 46.5 Å². The molecule has 0 aliphatic rings. The summed E-state index contributed by atoms with van der Waals surface area (Å²) in [6, 6.07) is 8.31. The molecule has 1 aromatic carbocycles. The van der Waals surface area contributed by atoms with Crippen molar-refractivity contribution >= 4 is 33.4 Å². The molecule has 0 radical (unpaired) electrons. The maximum absolute atomic E-state index is 12.0. The molecule has 3 aromatic rings. The number of nitrogens with zero attached hydrogens (tertiary/aromatic N) is 1. The van der Waals surface area contributed by atoms with Crippen LogP contribution in [0, 0.1) is 0 Å². The maximum atomic E-state index is 12.0. The van der Waals surface area contributed by atoms with Gasteiger partial charge in [0.15, 0.2) is 6.61 Å². The standard InChI is InChI=1S/C16H14N2O4S/c1-10(13-3-2-6-21-13)18-15(19)8-22-16(20)11-4-5-12-14(7-11)23-9-17-12/h2-7,9-10H,8H2,1H3,(H,18,19)/t10-/m1/s1. The Morgan fingerprint density at radius 2 is 2.26 bits per heavy atom. The second-order valence-electron chi connectivity index (χ2n) is 4.92. The first kappa shape index (κ1) is 15.2. The van der Waals surface area contributed by atoms with Crippen molar-refractivity contribution in [3.8, 4) is 0 Å². The summed E-state index contributed by atoms with van der Waals surface area (Å²) >= 11 is 1.44. The number of fused-ring (bicyclic) bond motifs is 1. The van der Waals surface area contributed by atoms with Crippen LogP contribution in [0.25, 0.3) is 10.2 Å². The molecule has 0 aliphatic carbocycles. The Bertz CT molecular complexity index is 826. The van der Waals surface area contributed by atoms with E-state index in [0.717, 1.165) is 10.2 Å². The minimum Gasteiger partial charge on any atom is -0.467 e. The average molecular weight is 330 g/mol. The molecule has 6 nitrogen and oxygen atoms in total. The Kier molecular flexibility index (Phi) is 4.38. The van der Waals surface area contributed by atoms with Gasteiger partial charge in [-0.2, -0.15) is 0 Å². The Morgan fingerprint density at radius 3 is 3.04 bits per heavy atom. The number of furan rings is 1. The lowest BCUT2D eigenvalue weighted by atomic mass is 10.2. The van der Waals surface area contributed by atoms with Crippen LogP contribution in [0.2, 0.25) is 0 Å². The van der Waals surface area contributed by atoms with Gasteiger partial charge >= 0.3 is 5.97 Å². The first-order chi connectivity index (χ1) is 11.1. The highest BCUT2D eigenvalue weighted by Crippen LogP contribution is 2.19. The van der Waals surface area contributed by atoms with Crippen LogP contribution in [-0.2, 0) is 9.53 Å². The van der Waals surface area contributed by atoms with Gasteiger partial charge in [-0.15, -0.1) is 11.3 Å². The summed E-state index contributed by atoms with van der Waals surface area (Å²) in [6.45, 7) is 1.45. The number of hydrogen-bond donors (Lipinski definition) is 1. The summed E-state index contributed by atoms with van der Waals surface area (Å²) in [5.41, 5.74) is 2.94. The zero-order valence-corrected chi connectivity index (χ0v) is 13.1. The molecule has 0 saturated heterocycles. The molecule has 23 heavy (non-hydrogen) atoms. The fraction of sp³-hybridized carbons (Fsp3) is 0.188. The molecule has 0 aliphatic heterocycles. The summed E-state index contributed by atoms with van der Waals surface area (Å²) in [7, 11) is 0. The zero-order valence-electron chi connectivity index (χ0n) is 12.3. The van der Waals surface area contributed by atoms with Gasteiger partial charge < -0.3 is 14.5 Å². The van der Waals surface area contributed by atoms with E-state index < -0.39 is 5.97 Å². The van der Waals surface area contributed by atoms with E-state index >= 15 is 0 Å². The van der Waals surface area contributed by atoms with Crippen molar-refractivity contribution in [2.45, 2.75) is 13.0 Å². The molecule has 7 heteroatoms. The Morgan fingerprint density at radius 1 is 1.39 bits per heavy atom. The van der Waals surface area contributed by atoms with Crippen molar-refractivity contribution in [1.29, 1.82) is 0 Å². The number of ether oxygens (including phenoxy) is 1. The van der Waals surface area contributed by atoms with Gasteiger partial charge in [-0.1, -0.05) is 0 Å². The molecular weight excluding hydrogens is 316 g/mol. The quantitative estimate of drug-likeness (QED) is 0.727. The van der Waals surface area contributed by atoms with E-state index in [0.29, 0.717) is 11.3 Å². The van der Waals surface area contributed by atoms with Crippen molar-refractivity contribution in [3.05, 3.63) is 53.4 Å². The van der Waals surface area contributed by atoms with Crippen LogP contribution < -0.4 is 5.32 Å². The van der Waals surface area contributed by atoms with Crippen LogP contribution in [0.1, 0.15) is 29.1 Å². The Labute approximate surface area is 136 Å². The summed E-state index contributed by atoms with van der Waals surface area (Å²) in [4.78, 5) is 28.0. The van der Waals surface area contributed by atoms with Crippen LogP contribution in [-0.4, -0.2) is 23.5 Å². The number of aromatic nitrogens is 1. The van der Waals surface area contributed by atoms with E-state index in [2.05, 4.69) is 10.3 Å². The largest absolute Gasteiger partial charge is 0.467 e. The van der Waals surface area contributed by atoms with E-state index in [1.165, 1.54) is 17.6 Å². The lowest BCUT2D eigenvalue weighted by molar-refractivity contribution is -0.125. The third kappa shape index (κ3) is 3.57. The Balaban J connectivity index is 1.54. The van der Waals surface area contributed by atoms with Gasteiger partial charge in [-0.05, 0) is 37.3 Å². The van der Waals surface area contributed by atoms with E-state index in [9.17, 15) is 9.59 Å². The lowest BCUT2D eigenvalue weighted by Gasteiger charge is -2.11. The molecule has 1 atom stereocenters. The number of rotatable bonds is 5. The van der Waals surface area contributed by atoms with Crippen molar-refractivity contribution in [1.82, 2.24) is 10.3 Å². The molecule has 3 rings (SSSR count). The fourth-order valence-corrected chi connectivity index (χ4v) is 2.80. The SMILES string of the molecule is C[C@@H](NC(=O)COC(=O)c1ccc2ncsc2c1)c1ccco1. The summed E-state index contributed by atoms with van der Waals surface area (Å²) in [5.74, 6) is -0.289. The predicted molar refractivity (Wildman–Crippen MR) is 85.2 cm³/mol. The summed E-state index contributed by atoms with van der Waals surface area (Å²) in [5, 5.41) is 2.70. The minimum absolute atomic E-state index is 0.287. The van der Waals surface area contributed by atoms with Gasteiger partial charge in [0.05, 0.1) is 33.6 Å². The second kappa shape index (κ2) is 6.62. The van der Waals surface area contributed by atoms with Gasteiger partial charge in [0, 0.05) is 0 Å². The number of nitrogens with one attached hydrogen (secondary N) is 1. The molecule has 2 aromatic heterocycles. The molecule has 118 valence electrons. The van der Waals surface area contributed by atoms with E-state index in [-0.39, 0.29) is 18.6 Å².